The normalized spacial score (nSPS) is 12.4. The molecule has 3 rings (SSSR count). The molecular formula is C33H40O6. The number of hydrogen-bond donors (Lipinski definition) is 0. The first-order valence-electron chi connectivity index (χ1n) is 13.9. The van der Waals surface area contributed by atoms with Gasteiger partial charge in [0.1, 0.15) is 17.2 Å². The number of carbonyl (C=O) groups excluding carboxylic acids is 2. The van der Waals surface area contributed by atoms with Crippen LogP contribution in [0.15, 0.2) is 72.8 Å². The summed E-state index contributed by atoms with van der Waals surface area (Å²) >= 11 is 0. The predicted octanol–water partition coefficient (Wildman–Crippen LogP) is 8.03. The molecule has 0 spiro atoms. The predicted molar refractivity (Wildman–Crippen MR) is 153 cm³/mol. The number of rotatable bonds is 15. The molecule has 0 aromatic heterocycles. The lowest BCUT2D eigenvalue weighted by atomic mass is 10.0. The Labute approximate surface area is 232 Å². The second kappa shape index (κ2) is 15.7. The Morgan fingerprint density at radius 3 is 1.85 bits per heavy atom. The van der Waals surface area contributed by atoms with Crippen molar-refractivity contribution >= 4 is 11.9 Å². The first-order chi connectivity index (χ1) is 18.9. The Morgan fingerprint density at radius 1 is 0.667 bits per heavy atom. The van der Waals surface area contributed by atoms with Gasteiger partial charge in [0.2, 0.25) is 0 Å². The third-order valence-corrected chi connectivity index (χ3v) is 6.27. The molecule has 0 fully saturated rings. The van der Waals surface area contributed by atoms with Gasteiger partial charge in [-0.2, -0.15) is 0 Å². The van der Waals surface area contributed by atoms with Crippen LogP contribution in [0.4, 0.5) is 0 Å². The molecule has 39 heavy (non-hydrogen) atoms. The van der Waals surface area contributed by atoms with Gasteiger partial charge >= 0.3 is 11.9 Å². The van der Waals surface area contributed by atoms with Crippen molar-refractivity contribution in [1.29, 1.82) is 0 Å². The minimum Gasteiger partial charge on any atom is -0.491 e. The van der Waals surface area contributed by atoms with E-state index in [1.54, 1.807) is 43.3 Å². The molecule has 0 radical (unpaired) electrons. The van der Waals surface area contributed by atoms with Gasteiger partial charge in [0.05, 0.1) is 11.7 Å². The lowest BCUT2D eigenvalue weighted by molar-refractivity contribution is -0.146. The highest BCUT2D eigenvalue weighted by molar-refractivity contribution is 5.91. The van der Waals surface area contributed by atoms with Crippen LogP contribution < -0.4 is 14.2 Å². The van der Waals surface area contributed by atoms with Gasteiger partial charge in [0.15, 0.2) is 6.10 Å². The van der Waals surface area contributed by atoms with Crippen LogP contribution in [0.3, 0.4) is 0 Å². The Kier molecular flexibility index (Phi) is 12.0. The molecular weight excluding hydrogens is 492 g/mol. The monoisotopic (exact) mass is 532 g/mol. The van der Waals surface area contributed by atoms with Gasteiger partial charge in [-0.3, -0.25) is 0 Å². The summed E-state index contributed by atoms with van der Waals surface area (Å²) in [4.78, 5) is 24.8. The second-order valence-corrected chi connectivity index (χ2v) is 9.67. The Hall–Kier alpha value is -3.64. The summed E-state index contributed by atoms with van der Waals surface area (Å²) in [7, 11) is 0. The maximum absolute atomic E-state index is 12.7. The summed E-state index contributed by atoms with van der Waals surface area (Å²) in [5.74, 6) is 0.831. The number of esters is 2. The molecule has 2 atom stereocenters. The average molecular weight is 533 g/mol. The fourth-order valence-corrected chi connectivity index (χ4v) is 3.98. The standard InChI is InChI=1S/C33H40O6/c1-5-7-8-9-10-24(3)37-29-19-21-31(22-20-29)39-33(35)28-13-11-26(12-14-28)27-15-17-30(18-16-27)38-32(34)25(4)36-23-6-2/h11-22,24-25H,5-10,23H2,1-4H3/t24-,25+/m1/s1. The van der Waals surface area contributed by atoms with E-state index in [4.69, 9.17) is 18.9 Å². The fraction of sp³-hybridized carbons (Fsp3) is 0.394. The van der Waals surface area contributed by atoms with E-state index in [1.807, 2.05) is 43.3 Å². The van der Waals surface area contributed by atoms with Crippen molar-refractivity contribution in [2.24, 2.45) is 0 Å². The van der Waals surface area contributed by atoms with Crippen LogP contribution in [0, 0.1) is 0 Å². The van der Waals surface area contributed by atoms with Crippen LogP contribution in [-0.4, -0.2) is 30.8 Å². The molecule has 0 aliphatic heterocycles. The van der Waals surface area contributed by atoms with Crippen LogP contribution in [-0.2, 0) is 9.53 Å². The summed E-state index contributed by atoms with van der Waals surface area (Å²) in [5, 5.41) is 0. The lowest BCUT2D eigenvalue weighted by Crippen LogP contribution is -2.26. The summed E-state index contributed by atoms with van der Waals surface area (Å²) in [6.45, 7) is 8.47. The highest BCUT2D eigenvalue weighted by Gasteiger charge is 2.16. The molecule has 0 amide bonds. The van der Waals surface area contributed by atoms with Gasteiger partial charge < -0.3 is 18.9 Å². The van der Waals surface area contributed by atoms with Crippen molar-refractivity contribution < 1.29 is 28.5 Å². The zero-order chi connectivity index (χ0) is 28.0. The van der Waals surface area contributed by atoms with Gasteiger partial charge in [-0.05, 0) is 92.8 Å². The highest BCUT2D eigenvalue weighted by Crippen LogP contribution is 2.25. The largest absolute Gasteiger partial charge is 0.491 e. The third-order valence-electron chi connectivity index (χ3n) is 6.27. The molecule has 0 bridgehead atoms. The van der Waals surface area contributed by atoms with Gasteiger partial charge in [0, 0.05) is 6.61 Å². The van der Waals surface area contributed by atoms with Crippen LogP contribution in [0.5, 0.6) is 17.2 Å². The van der Waals surface area contributed by atoms with Crippen molar-refractivity contribution in [2.75, 3.05) is 6.61 Å². The van der Waals surface area contributed by atoms with Crippen molar-refractivity contribution in [3.63, 3.8) is 0 Å². The van der Waals surface area contributed by atoms with Gasteiger partial charge in [-0.15, -0.1) is 0 Å². The smallest absolute Gasteiger partial charge is 0.343 e. The molecule has 0 unspecified atom stereocenters. The van der Waals surface area contributed by atoms with Crippen LogP contribution in [0.2, 0.25) is 0 Å². The van der Waals surface area contributed by atoms with E-state index in [0.29, 0.717) is 23.7 Å². The number of benzene rings is 3. The number of carbonyl (C=O) groups is 2. The van der Waals surface area contributed by atoms with E-state index in [0.717, 1.165) is 29.7 Å². The molecule has 6 heteroatoms. The van der Waals surface area contributed by atoms with Crippen molar-refractivity contribution in [2.45, 2.75) is 78.4 Å². The molecule has 0 aliphatic rings. The van der Waals surface area contributed by atoms with E-state index in [2.05, 4.69) is 13.8 Å². The van der Waals surface area contributed by atoms with Crippen molar-refractivity contribution in [3.8, 4) is 28.4 Å². The molecule has 0 N–H and O–H groups in total. The van der Waals surface area contributed by atoms with E-state index < -0.39 is 18.0 Å². The Morgan fingerprint density at radius 2 is 1.23 bits per heavy atom. The molecule has 208 valence electrons. The third kappa shape index (κ3) is 9.88. The Bertz CT molecular complexity index is 1150. The van der Waals surface area contributed by atoms with Crippen LogP contribution >= 0.6 is 0 Å². The number of hydrogen-bond acceptors (Lipinski definition) is 6. The summed E-state index contributed by atoms with van der Waals surface area (Å²) in [5.41, 5.74) is 2.31. The zero-order valence-electron chi connectivity index (χ0n) is 23.5. The van der Waals surface area contributed by atoms with Gasteiger partial charge in [-0.1, -0.05) is 57.4 Å². The average Bonchev–Trinajstić information content (AvgIpc) is 2.95. The molecule has 0 saturated heterocycles. The molecule has 3 aromatic rings. The van der Waals surface area contributed by atoms with Crippen molar-refractivity contribution in [3.05, 3.63) is 78.4 Å². The fourth-order valence-electron chi connectivity index (χ4n) is 3.98. The molecule has 0 aliphatic carbocycles. The first kappa shape index (κ1) is 29.9. The van der Waals surface area contributed by atoms with Gasteiger partial charge in [0.25, 0.3) is 0 Å². The van der Waals surface area contributed by atoms with E-state index in [1.165, 1.54) is 25.7 Å². The minimum absolute atomic E-state index is 0.147. The molecule has 6 nitrogen and oxygen atoms in total. The molecule has 3 aromatic carbocycles. The van der Waals surface area contributed by atoms with E-state index >= 15 is 0 Å². The highest BCUT2D eigenvalue weighted by atomic mass is 16.6. The first-order valence-corrected chi connectivity index (χ1v) is 13.9. The van der Waals surface area contributed by atoms with Gasteiger partial charge in [-0.25, -0.2) is 9.59 Å². The summed E-state index contributed by atoms with van der Waals surface area (Å²) in [6.07, 6.45) is 6.28. The minimum atomic E-state index is -0.614. The van der Waals surface area contributed by atoms with Crippen LogP contribution in [0.25, 0.3) is 11.1 Å². The maximum Gasteiger partial charge on any atom is 0.343 e. The Balaban J connectivity index is 1.50. The molecule has 0 heterocycles. The number of unbranched alkanes of at least 4 members (excludes halogenated alkanes) is 3. The second-order valence-electron chi connectivity index (χ2n) is 9.67. The van der Waals surface area contributed by atoms with Crippen molar-refractivity contribution in [1.82, 2.24) is 0 Å². The maximum atomic E-state index is 12.7. The zero-order valence-corrected chi connectivity index (χ0v) is 23.5. The summed E-state index contributed by atoms with van der Waals surface area (Å²) < 4.78 is 22.3. The van der Waals surface area contributed by atoms with E-state index in [9.17, 15) is 9.59 Å². The summed E-state index contributed by atoms with van der Waals surface area (Å²) in [6, 6.07) is 21.5. The SMILES string of the molecule is CCCCCC[C@@H](C)Oc1ccc(OC(=O)c2ccc(-c3ccc(OC(=O)[C@H](C)OCCC)cc3)cc2)cc1. The van der Waals surface area contributed by atoms with E-state index in [-0.39, 0.29) is 6.10 Å². The quantitative estimate of drug-likeness (QED) is 0.112. The van der Waals surface area contributed by atoms with Crippen LogP contribution in [0.1, 0.15) is 76.6 Å². The number of ether oxygens (including phenoxy) is 4. The molecule has 0 saturated carbocycles. The lowest BCUT2D eigenvalue weighted by Gasteiger charge is -2.15. The topological polar surface area (TPSA) is 71.1 Å².